The van der Waals surface area contributed by atoms with E-state index in [1.165, 1.54) is 4.88 Å². The van der Waals surface area contributed by atoms with Crippen LogP contribution in [0.3, 0.4) is 0 Å². The zero-order chi connectivity index (χ0) is 22.5. The summed E-state index contributed by atoms with van der Waals surface area (Å²) in [5, 5.41) is 7.83. The lowest BCUT2D eigenvalue weighted by Crippen LogP contribution is -2.23. The largest absolute Gasteiger partial charge is 0.346 e. The van der Waals surface area contributed by atoms with E-state index in [-0.39, 0.29) is 11.8 Å². The lowest BCUT2D eigenvalue weighted by Gasteiger charge is -2.10. The number of carbonyl (C=O) groups excluding carboxylic acids is 2. The van der Waals surface area contributed by atoms with Crippen LogP contribution in [0.25, 0.3) is 0 Å². The van der Waals surface area contributed by atoms with Gasteiger partial charge in [-0.25, -0.2) is 0 Å². The van der Waals surface area contributed by atoms with Crippen molar-refractivity contribution in [3.8, 4) is 0 Å². The number of rotatable bonds is 7. The lowest BCUT2D eigenvalue weighted by atomic mass is 10.1. The Labute approximate surface area is 190 Å². The van der Waals surface area contributed by atoms with Crippen LogP contribution < -0.4 is 10.6 Å². The number of pyridine rings is 1. The van der Waals surface area contributed by atoms with Gasteiger partial charge < -0.3 is 15.2 Å². The molecule has 0 aliphatic rings. The molecule has 3 aromatic heterocycles. The number of amides is 2. The van der Waals surface area contributed by atoms with Gasteiger partial charge in [-0.2, -0.15) is 0 Å². The molecule has 162 valence electrons. The smallest absolute Gasteiger partial charge is 0.257 e. The Bertz CT molecular complexity index is 1230. The third kappa shape index (κ3) is 4.95. The normalized spacial score (nSPS) is 10.7. The molecule has 0 saturated carbocycles. The molecule has 1 aromatic carbocycles. The molecule has 32 heavy (non-hydrogen) atoms. The van der Waals surface area contributed by atoms with Gasteiger partial charge in [-0.15, -0.1) is 11.3 Å². The molecule has 0 radical (unpaired) electrons. The number of anilines is 1. The van der Waals surface area contributed by atoms with E-state index >= 15 is 0 Å². The highest BCUT2D eigenvalue weighted by molar-refractivity contribution is 7.09. The molecule has 0 bridgehead atoms. The van der Waals surface area contributed by atoms with Crippen molar-refractivity contribution in [2.75, 3.05) is 5.32 Å². The third-order valence-electron chi connectivity index (χ3n) is 5.25. The van der Waals surface area contributed by atoms with Crippen LogP contribution in [0.2, 0.25) is 0 Å². The maximum atomic E-state index is 13.0. The van der Waals surface area contributed by atoms with Crippen LogP contribution in [0, 0.1) is 13.8 Å². The molecule has 6 nitrogen and oxygen atoms in total. The molecule has 3 heterocycles. The Morgan fingerprint density at radius 1 is 1.00 bits per heavy atom. The summed E-state index contributed by atoms with van der Waals surface area (Å²) in [4.78, 5) is 30.9. The number of carbonyl (C=O) groups is 2. The van der Waals surface area contributed by atoms with Gasteiger partial charge in [0.25, 0.3) is 11.8 Å². The summed E-state index contributed by atoms with van der Waals surface area (Å²) in [5.74, 6) is -0.414. The Kier molecular flexibility index (Phi) is 6.47. The van der Waals surface area contributed by atoms with Crippen molar-refractivity contribution in [2.24, 2.45) is 0 Å². The Morgan fingerprint density at radius 2 is 1.88 bits per heavy atom. The predicted octanol–water partition coefficient (Wildman–Crippen LogP) is 4.79. The van der Waals surface area contributed by atoms with Gasteiger partial charge >= 0.3 is 0 Å². The van der Waals surface area contributed by atoms with E-state index < -0.39 is 0 Å². The fourth-order valence-electron chi connectivity index (χ4n) is 3.54. The fraction of sp³-hybridized carbons (Fsp3) is 0.160. The van der Waals surface area contributed by atoms with Crippen molar-refractivity contribution < 1.29 is 9.59 Å². The van der Waals surface area contributed by atoms with E-state index in [2.05, 4.69) is 31.6 Å². The first-order chi connectivity index (χ1) is 15.5. The number of nitrogens with one attached hydrogen (secondary N) is 2. The summed E-state index contributed by atoms with van der Waals surface area (Å²) < 4.78 is 2.14. The summed E-state index contributed by atoms with van der Waals surface area (Å²) in [6.45, 7) is 5.04. The molecule has 0 fully saturated rings. The van der Waals surface area contributed by atoms with Gasteiger partial charge in [-0.3, -0.25) is 14.6 Å². The van der Waals surface area contributed by atoms with Gasteiger partial charge in [0.2, 0.25) is 0 Å². The van der Waals surface area contributed by atoms with Crippen LogP contribution in [0.5, 0.6) is 0 Å². The first kappa shape index (κ1) is 21.5. The van der Waals surface area contributed by atoms with Crippen LogP contribution in [0.1, 0.15) is 42.7 Å². The molecule has 2 amide bonds. The topological polar surface area (TPSA) is 76.0 Å². The number of benzene rings is 1. The first-order valence-electron chi connectivity index (χ1n) is 10.3. The number of thiophene rings is 1. The molecule has 0 aliphatic carbocycles. The van der Waals surface area contributed by atoms with E-state index in [4.69, 9.17) is 0 Å². The highest BCUT2D eigenvalue weighted by atomic mass is 32.1. The quantitative estimate of drug-likeness (QED) is 0.430. The zero-order valence-corrected chi connectivity index (χ0v) is 18.8. The number of aryl methyl sites for hydroxylation is 1. The fourth-order valence-corrected chi connectivity index (χ4v) is 4.24. The molecule has 0 aliphatic heterocycles. The maximum Gasteiger partial charge on any atom is 0.257 e. The monoisotopic (exact) mass is 444 g/mol. The van der Waals surface area contributed by atoms with Crippen LogP contribution in [0.4, 0.5) is 5.69 Å². The molecule has 0 atom stereocenters. The highest BCUT2D eigenvalue weighted by Crippen LogP contribution is 2.21. The van der Waals surface area contributed by atoms with Crippen LogP contribution in [-0.2, 0) is 13.1 Å². The molecule has 2 N–H and O–H groups in total. The molecule has 7 heteroatoms. The van der Waals surface area contributed by atoms with Crippen LogP contribution in [-0.4, -0.2) is 21.4 Å². The Balaban J connectivity index is 1.44. The van der Waals surface area contributed by atoms with E-state index in [1.54, 1.807) is 41.8 Å². The van der Waals surface area contributed by atoms with E-state index in [0.29, 0.717) is 23.4 Å². The Hall–Kier alpha value is -3.71. The van der Waals surface area contributed by atoms with Gasteiger partial charge in [-0.05, 0) is 61.7 Å². The zero-order valence-electron chi connectivity index (χ0n) is 18.0. The summed E-state index contributed by atoms with van der Waals surface area (Å²) in [7, 11) is 0. The standard InChI is InChI=1S/C25H24N4O2S/c1-17-13-23(18(2)29(17)16-22-10-6-12-32-22)25(31)28-20-9-5-7-19(14-20)24(30)27-15-21-8-3-4-11-26-21/h3-14H,15-16H2,1-2H3,(H,27,30)(H,28,31). The molecule has 0 saturated heterocycles. The maximum absolute atomic E-state index is 13.0. The van der Waals surface area contributed by atoms with Crippen LogP contribution in [0.15, 0.2) is 72.2 Å². The molecular weight excluding hydrogens is 420 g/mol. The van der Waals surface area contributed by atoms with Crippen molar-refractivity contribution in [2.45, 2.75) is 26.9 Å². The molecule has 4 rings (SSSR count). The second-order valence-electron chi connectivity index (χ2n) is 7.49. The number of aromatic nitrogens is 2. The van der Waals surface area contributed by atoms with Gasteiger partial charge in [0.05, 0.1) is 24.3 Å². The molecule has 0 unspecified atom stereocenters. The van der Waals surface area contributed by atoms with Gasteiger partial charge in [0.15, 0.2) is 0 Å². The minimum Gasteiger partial charge on any atom is -0.346 e. The summed E-state index contributed by atoms with van der Waals surface area (Å²) in [6.07, 6.45) is 1.69. The first-order valence-corrected chi connectivity index (χ1v) is 11.2. The highest BCUT2D eigenvalue weighted by Gasteiger charge is 2.17. The number of nitrogens with zero attached hydrogens (tertiary/aromatic N) is 2. The van der Waals surface area contributed by atoms with Crippen LogP contribution >= 0.6 is 11.3 Å². The second-order valence-corrected chi connectivity index (χ2v) is 8.52. The van der Waals surface area contributed by atoms with Crippen molar-refractivity contribution in [1.29, 1.82) is 0 Å². The third-order valence-corrected chi connectivity index (χ3v) is 6.11. The van der Waals surface area contributed by atoms with E-state index in [9.17, 15) is 9.59 Å². The SMILES string of the molecule is Cc1cc(C(=O)Nc2cccc(C(=O)NCc3ccccn3)c2)c(C)n1Cc1cccs1. The predicted molar refractivity (Wildman–Crippen MR) is 127 cm³/mol. The van der Waals surface area contributed by atoms with Gasteiger partial charge in [-0.1, -0.05) is 18.2 Å². The summed E-state index contributed by atoms with van der Waals surface area (Å²) in [5.41, 5.74) is 4.40. The van der Waals surface area contributed by atoms with E-state index in [0.717, 1.165) is 23.6 Å². The van der Waals surface area contributed by atoms with E-state index in [1.807, 2.05) is 44.2 Å². The van der Waals surface area contributed by atoms with Crippen molar-refractivity contribution in [3.63, 3.8) is 0 Å². The average Bonchev–Trinajstić information content (AvgIpc) is 3.42. The lowest BCUT2D eigenvalue weighted by molar-refractivity contribution is 0.0949. The summed E-state index contributed by atoms with van der Waals surface area (Å²) in [6, 6.07) is 18.5. The molecule has 4 aromatic rings. The molecule has 0 spiro atoms. The second kappa shape index (κ2) is 9.62. The molecular formula is C25H24N4O2S. The van der Waals surface area contributed by atoms with Crippen molar-refractivity contribution >= 4 is 28.8 Å². The number of hydrogen-bond acceptors (Lipinski definition) is 4. The minimum absolute atomic E-state index is 0.193. The summed E-state index contributed by atoms with van der Waals surface area (Å²) >= 11 is 1.70. The average molecular weight is 445 g/mol. The van der Waals surface area contributed by atoms with Crippen molar-refractivity contribution in [1.82, 2.24) is 14.9 Å². The van der Waals surface area contributed by atoms with Crippen molar-refractivity contribution in [3.05, 3.63) is 105 Å². The van der Waals surface area contributed by atoms with Gasteiger partial charge in [0.1, 0.15) is 0 Å². The minimum atomic E-state index is -0.221. The Morgan fingerprint density at radius 3 is 2.62 bits per heavy atom. The van der Waals surface area contributed by atoms with Gasteiger partial charge in [0, 0.05) is 33.7 Å². The number of hydrogen-bond donors (Lipinski definition) is 2.